The molecule has 0 spiro atoms. The number of hydrogen-bond donors (Lipinski definition) is 1. The van der Waals surface area contributed by atoms with Crippen LogP contribution in [0.2, 0.25) is 5.02 Å². The number of hydrogen-bond acceptors (Lipinski definition) is 5. The maximum Gasteiger partial charge on any atom is 0.223 e. The number of anilines is 1. The van der Waals surface area contributed by atoms with Crippen LogP contribution in [0.1, 0.15) is 11.6 Å². The molecule has 0 atom stereocenters. The van der Waals surface area contributed by atoms with Gasteiger partial charge in [0.1, 0.15) is 18.2 Å². The Morgan fingerprint density at radius 3 is 2.71 bits per heavy atom. The van der Waals surface area contributed by atoms with Crippen LogP contribution in [0, 0.1) is 6.92 Å². The zero-order chi connectivity index (χ0) is 12.3. The van der Waals surface area contributed by atoms with Crippen LogP contribution < -0.4 is 10.5 Å². The van der Waals surface area contributed by atoms with Crippen molar-refractivity contribution >= 4 is 17.5 Å². The van der Waals surface area contributed by atoms with Gasteiger partial charge in [0.2, 0.25) is 5.95 Å². The number of aryl methyl sites for hydroxylation is 1. The zero-order valence-corrected chi connectivity index (χ0v) is 9.98. The summed E-state index contributed by atoms with van der Waals surface area (Å²) in [5.41, 5.74) is 5.51. The lowest BCUT2D eigenvalue weighted by atomic mass is 10.3. The molecule has 88 valence electrons. The largest absolute Gasteiger partial charge is 0.484 e. The van der Waals surface area contributed by atoms with Crippen LogP contribution in [-0.2, 0) is 6.61 Å². The molecule has 1 aromatic heterocycles. The summed E-state index contributed by atoms with van der Waals surface area (Å²) in [6.45, 7) is 1.95. The van der Waals surface area contributed by atoms with E-state index in [1.54, 1.807) is 19.1 Å². The third kappa shape index (κ3) is 3.04. The lowest BCUT2D eigenvalue weighted by Gasteiger charge is -2.07. The van der Waals surface area contributed by atoms with Crippen LogP contribution in [0.25, 0.3) is 0 Å². The van der Waals surface area contributed by atoms with Crippen molar-refractivity contribution in [3.63, 3.8) is 0 Å². The smallest absolute Gasteiger partial charge is 0.223 e. The van der Waals surface area contributed by atoms with Gasteiger partial charge in [-0.05, 0) is 19.1 Å². The van der Waals surface area contributed by atoms with Gasteiger partial charge >= 0.3 is 0 Å². The highest BCUT2D eigenvalue weighted by Crippen LogP contribution is 2.23. The second-order valence-electron chi connectivity index (χ2n) is 3.38. The van der Waals surface area contributed by atoms with Crippen molar-refractivity contribution in [1.29, 1.82) is 0 Å². The second-order valence-corrected chi connectivity index (χ2v) is 3.78. The molecule has 6 heteroatoms. The van der Waals surface area contributed by atoms with E-state index in [0.717, 1.165) is 0 Å². The summed E-state index contributed by atoms with van der Waals surface area (Å²) in [6.07, 6.45) is 0. The Kier molecular flexibility index (Phi) is 3.39. The summed E-state index contributed by atoms with van der Waals surface area (Å²) in [5, 5.41) is 0.547. The van der Waals surface area contributed by atoms with Gasteiger partial charge in [0.05, 0.1) is 5.02 Å². The zero-order valence-electron chi connectivity index (χ0n) is 9.22. The van der Waals surface area contributed by atoms with Crippen molar-refractivity contribution in [3.05, 3.63) is 40.9 Å². The van der Waals surface area contributed by atoms with E-state index in [1.165, 1.54) is 0 Å². The van der Waals surface area contributed by atoms with E-state index in [1.807, 2.05) is 12.1 Å². The fourth-order valence-corrected chi connectivity index (χ4v) is 1.52. The number of nitrogen functional groups attached to an aromatic ring is 1. The Hall–Kier alpha value is -1.88. The molecular formula is C11H11ClN4O. The summed E-state index contributed by atoms with van der Waals surface area (Å²) in [6, 6.07) is 7.21. The van der Waals surface area contributed by atoms with E-state index >= 15 is 0 Å². The molecule has 0 aliphatic carbocycles. The van der Waals surface area contributed by atoms with Crippen molar-refractivity contribution in [1.82, 2.24) is 15.0 Å². The van der Waals surface area contributed by atoms with Crippen molar-refractivity contribution in [3.8, 4) is 5.75 Å². The molecular weight excluding hydrogens is 240 g/mol. The Morgan fingerprint density at radius 1 is 1.24 bits per heavy atom. The van der Waals surface area contributed by atoms with E-state index in [9.17, 15) is 0 Å². The minimum Gasteiger partial charge on any atom is -0.484 e. The van der Waals surface area contributed by atoms with Crippen LogP contribution in [-0.4, -0.2) is 15.0 Å². The molecule has 0 saturated carbocycles. The molecule has 2 aromatic rings. The molecule has 17 heavy (non-hydrogen) atoms. The minimum atomic E-state index is 0.190. The highest BCUT2D eigenvalue weighted by atomic mass is 35.5. The summed E-state index contributed by atoms with van der Waals surface area (Å²) >= 11 is 5.95. The molecule has 0 amide bonds. The first kappa shape index (κ1) is 11.6. The lowest BCUT2D eigenvalue weighted by Crippen LogP contribution is -2.07. The van der Waals surface area contributed by atoms with Crippen LogP contribution in [0.5, 0.6) is 5.75 Å². The van der Waals surface area contributed by atoms with Gasteiger partial charge in [0, 0.05) is 0 Å². The van der Waals surface area contributed by atoms with E-state index in [2.05, 4.69) is 15.0 Å². The molecule has 0 bridgehead atoms. The molecule has 1 heterocycles. The van der Waals surface area contributed by atoms with Gasteiger partial charge < -0.3 is 10.5 Å². The van der Waals surface area contributed by atoms with E-state index < -0.39 is 0 Å². The summed E-state index contributed by atoms with van der Waals surface area (Å²) in [7, 11) is 0. The molecule has 2 rings (SSSR count). The van der Waals surface area contributed by atoms with Crippen molar-refractivity contribution in [2.45, 2.75) is 13.5 Å². The maximum absolute atomic E-state index is 5.95. The Morgan fingerprint density at radius 2 is 2.00 bits per heavy atom. The quantitative estimate of drug-likeness (QED) is 0.902. The third-order valence-electron chi connectivity index (χ3n) is 2.00. The van der Waals surface area contributed by atoms with Gasteiger partial charge in [0.15, 0.2) is 5.82 Å². The van der Waals surface area contributed by atoms with Gasteiger partial charge in [-0.1, -0.05) is 23.7 Å². The molecule has 2 N–H and O–H groups in total. The average molecular weight is 251 g/mol. The molecule has 0 radical (unpaired) electrons. The number of ether oxygens (including phenoxy) is 1. The Labute approximate surface area is 104 Å². The first-order valence-electron chi connectivity index (χ1n) is 4.99. The van der Waals surface area contributed by atoms with Gasteiger partial charge in [-0.3, -0.25) is 0 Å². The van der Waals surface area contributed by atoms with Crippen molar-refractivity contribution in [2.24, 2.45) is 0 Å². The fourth-order valence-electron chi connectivity index (χ4n) is 1.33. The Bertz CT molecular complexity index is 512. The van der Waals surface area contributed by atoms with Gasteiger partial charge in [0.25, 0.3) is 0 Å². The lowest BCUT2D eigenvalue weighted by molar-refractivity contribution is 0.295. The number of nitrogens with zero attached hydrogens (tertiary/aromatic N) is 3. The van der Waals surface area contributed by atoms with Crippen LogP contribution in [0.15, 0.2) is 24.3 Å². The van der Waals surface area contributed by atoms with E-state index in [0.29, 0.717) is 22.4 Å². The summed E-state index contributed by atoms with van der Waals surface area (Å²) in [5.74, 6) is 1.83. The SMILES string of the molecule is Cc1nc(N)nc(COc2ccccc2Cl)n1. The predicted molar refractivity (Wildman–Crippen MR) is 64.8 cm³/mol. The molecule has 1 aromatic carbocycles. The molecule has 0 saturated heterocycles. The van der Waals surface area contributed by atoms with Crippen LogP contribution >= 0.6 is 11.6 Å². The molecule has 0 aliphatic heterocycles. The highest BCUT2D eigenvalue weighted by Gasteiger charge is 2.04. The first-order chi connectivity index (χ1) is 8.15. The van der Waals surface area contributed by atoms with Gasteiger partial charge in [-0.15, -0.1) is 0 Å². The normalized spacial score (nSPS) is 10.2. The molecule has 5 nitrogen and oxygen atoms in total. The summed E-state index contributed by atoms with van der Waals surface area (Å²) < 4.78 is 5.49. The standard InChI is InChI=1S/C11H11ClN4O/c1-7-14-10(16-11(13)15-7)6-17-9-5-3-2-4-8(9)12/h2-5H,6H2,1H3,(H2,13,14,15,16). The van der Waals surface area contributed by atoms with Gasteiger partial charge in [-0.2, -0.15) is 9.97 Å². The second kappa shape index (κ2) is 4.97. The monoisotopic (exact) mass is 250 g/mol. The first-order valence-corrected chi connectivity index (χ1v) is 5.37. The van der Waals surface area contributed by atoms with Crippen LogP contribution in [0.3, 0.4) is 0 Å². The van der Waals surface area contributed by atoms with Crippen molar-refractivity contribution < 1.29 is 4.74 Å². The van der Waals surface area contributed by atoms with Crippen molar-refractivity contribution in [2.75, 3.05) is 5.73 Å². The number of halogens is 1. The van der Waals surface area contributed by atoms with E-state index in [-0.39, 0.29) is 12.6 Å². The van der Waals surface area contributed by atoms with E-state index in [4.69, 9.17) is 22.1 Å². The number of rotatable bonds is 3. The number of nitrogens with two attached hydrogens (primary N) is 1. The topological polar surface area (TPSA) is 73.9 Å². The van der Waals surface area contributed by atoms with Gasteiger partial charge in [-0.25, -0.2) is 4.98 Å². The summed E-state index contributed by atoms with van der Waals surface area (Å²) in [4.78, 5) is 12.0. The molecule has 0 fully saturated rings. The molecule has 0 unspecified atom stereocenters. The minimum absolute atomic E-state index is 0.190. The number of benzene rings is 1. The van der Waals surface area contributed by atoms with Crippen LogP contribution in [0.4, 0.5) is 5.95 Å². The highest BCUT2D eigenvalue weighted by molar-refractivity contribution is 6.32. The maximum atomic E-state index is 5.95. The predicted octanol–water partition coefficient (Wildman–Crippen LogP) is 1.99. The number of aromatic nitrogens is 3. The Balaban J connectivity index is 2.10. The average Bonchev–Trinajstić information content (AvgIpc) is 2.27. The molecule has 0 aliphatic rings. The third-order valence-corrected chi connectivity index (χ3v) is 2.32. The number of para-hydroxylation sites is 1. The fraction of sp³-hybridized carbons (Fsp3) is 0.182.